The quantitative estimate of drug-likeness (QED) is 0.741. The molecule has 0 aliphatic carbocycles. The van der Waals surface area contributed by atoms with Gasteiger partial charge in [0.2, 0.25) is 0 Å². The van der Waals surface area contributed by atoms with Gasteiger partial charge in [-0.25, -0.2) is 17.2 Å². The molecule has 0 aliphatic heterocycles. The van der Waals surface area contributed by atoms with Crippen molar-refractivity contribution in [3.63, 3.8) is 0 Å². The van der Waals surface area contributed by atoms with E-state index in [0.29, 0.717) is 10.5 Å². The molecule has 1 aromatic rings. The average molecular weight is 237 g/mol. The topological polar surface area (TPSA) is 46.6 Å². The molecule has 0 fully saturated rings. The minimum absolute atomic E-state index is 0.489. The highest BCUT2D eigenvalue weighted by molar-refractivity contribution is 7.89. The van der Waals surface area contributed by atoms with Gasteiger partial charge in [0.05, 0.1) is 7.11 Å². The molecule has 0 aromatic heterocycles. The van der Waals surface area contributed by atoms with Crippen LogP contribution >= 0.6 is 0 Å². The highest BCUT2D eigenvalue weighted by Gasteiger charge is 2.24. The zero-order valence-electron chi connectivity index (χ0n) is 8.07. The summed E-state index contributed by atoms with van der Waals surface area (Å²) in [7, 11) is -1.83. The highest BCUT2D eigenvalue weighted by atomic mass is 32.2. The fourth-order valence-electron chi connectivity index (χ4n) is 0.921. The number of rotatable bonds is 3. The molecule has 7 heteroatoms. The van der Waals surface area contributed by atoms with Crippen LogP contribution in [0.15, 0.2) is 23.1 Å². The van der Waals surface area contributed by atoms with Gasteiger partial charge in [-0.15, -0.1) is 0 Å². The molecular weight excluding hydrogens is 228 g/mol. The lowest BCUT2D eigenvalue weighted by Crippen LogP contribution is -2.26. The number of hydrogen-bond donors (Lipinski definition) is 0. The molecule has 0 N–H and O–H groups in total. The van der Waals surface area contributed by atoms with Crippen LogP contribution < -0.4 is 0 Å². The number of hydrogen-bond acceptors (Lipinski definition) is 3. The molecule has 0 heterocycles. The monoisotopic (exact) mass is 237 g/mol. The van der Waals surface area contributed by atoms with Crippen LogP contribution in [0.3, 0.4) is 0 Å². The summed E-state index contributed by atoms with van der Waals surface area (Å²) in [5.74, 6) is -1.99. The molecule has 15 heavy (non-hydrogen) atoms. The number of sulfonamides is 1. The minimum atomic E-state index is -4.07. The van der Waals surface area contributed by atoms with Crippen molar-refractivity contribution in [3.05, 3.63) is 29.8 Å². The predicted molar refractivity (Wildman–Crippen MR) is 48.3 cm³/mol. The number of nitrogens with zero attached hydrogens (tertiary/aromatic N) is 1. The van der Waals surface area contributed by atoms with Gasteiger partial charge in [0.25, 0.3) is 10.0 Å². The van der Waals surface area contributed by atoms with Crippen molar-refractivity contribution in [2.45, 2.75) is 4.90 Å². The van der Waals surface area contributed by atoms with Crippen LogP contribution in [0.5, 0.6) is 0 Å². The summed E-state index contributed by atoms with van der Waals surface area (Å²) in [6.07, 6.45) is 0. The van der Waals surface area contributed by atoms with Crippen molar-refractivity contribution < 1.29 is 22.0 Å². The van der Waals surface area contributed by atoms with Gasteiger partial charge in [-0.05, 0) is 12.1 Å². The highest BCUT2D eigenvalue weighted by Crippen LogP contribution is 2.18. The van der Waals surface area contributed by atoms with E-state index in [2.05, 4.69) is 4.84 Å². The van der Waals surface area contributed by atoms with Crippen molar-refractivity contribution in [2.75, 3.05) is 14.2 Å². The van der Waals surface area contributed by atoms with E-state index in [1.807, 2.05) is 0 Å². The second kappa shape index (κ2) is 4.21. The Labute approximate surface area is 86.1 Å². The maximum Gasteiger partial charge on any atom is 0.267 e. The molecule has 0 radical (unpaired) electrons. The molecule has 84 valence electrons. The zero-order chi connectivity index (χ0) is 11.6. The van der Waals surface area contributed by atoms with Crippen LogP contribution in [-0.4, -0.2) is 27.0 Å². The summed E-state index contributed by atoms with van der Waals surface area (Å²) in [4.78, 5) is 3.81. The minimum Gasteiger partial charge on any atom is -0.288 e. The molecule has 1 aromatic carbocycles. The zero-order valence-corrected chi connectivity index (χ0v) is 8.88. The van der Waals surface area contributed by atoms with Crippen molar-refractivity contribution in [1.29, 1.82) is 0 Å². The molecule has 4 nitrogen and oxygen atoms in total. The van der Waals surface area contributed by atoms with Gasteiger partial charge in [0.1, 0.15) is 16.5 Å². The van der Waals surface area contributed by atoms with E-state index in [1.165, 1.54) is 0 Å². The first kappa shape index (κ1) is 12.0. The fraction of sp³-hybridized carbons (Fsp3) is 0.250. The summed E-state index contributed by atoms with van der Waals surface area (Å²) < 4.78 is 49.2. The Bertz CT molecular complexity index is 461. The van der Waals surface area contributed by atoms with E-state index < -0.39 is 26.6 Å². The normalized spacial score (nSPS) is 12.1. The van der Waals surface area contributed by atoms with Gasteiger partial charge >= 0.3 is 0 Å². The van der Waals surface area contributed by atoms with Crippen LogP contribution in [0.25, 0.3) is 0 Å². The summed E-state index contributed by atoms with van der Waals surface area (Å²) in [6.45, 7) is 0. The molecule has 1 rings (SSSR count). The van der Waals surface area contributed by atoms with Gasteiger partial charge < -0.3 is 0 Å². The third-order valence-corrected chi connectivity index (χ3v) is 3.48. The first-order valence-electron chi connectivity index (χ1n) is 3.87. The van der Waals surface area contributed by atoms with Crippen molar-refractivity contribution in [2.24, 2.45) is 0 Å². The average Bonchev–Trinajstić information content (AvgIpc) is 2.15. The molecule has 0 unspecified atom stereocenters. The maximum atomic E-state index is 13.1. The van der Waals surface area contributed by atoms with Crippen LogP contribution in [0.2, 0.25) is 0 Å². The van der Waals surface area contributed by atoms with Gasteiger partial charge in [0, 0.05) is 13.1 Å². The smallest absolute Gasteiger partial charge is 0.267 e. The Hall–Kier alpha value is -1.05. The lowest BCUT2D eigenvalue weighted by molar-refractivity contribution is -0.0260. The lowest BCUT2D eigenvalue weighted by Gasteiger charge is -2.14. The fourth-order valence-corrected chi connectivity index (χ4v) is 1.94. The van der Waals surface area contributed by atoms with Gasteiger partial charge in [0.15, 0.2) is 0 Å². The summed E-state index contributed by atoms with van der Waals surface area (Å²) in [6, 6.07) is 2.20. The second-order valence-electron chi connectivity index (χ2n) is 2.67. The van der Waals surface area contributed by atoms with Crippen molar-refractivity contribution in [3.8, 4) is 0 Å². The van der Waals surface area contributed by atoms with E-state index in [4.69, 9.17) is 0 Å². The summed E-state index contributed by atoms with van der Waals surface area (Å²) >= 11 is 0. The largest absolute Gasteiger partial charge is 0.288 e. The first-order valence-corrected chi connectivity index (χ1v) is 5.31. The molecule has 0 saturated carbocycles. The number of halogens is 2. The van der Waals surface area contributed by atoms with Crippen LogP contribution in [0, 0.1) is 11.6 Å². The molecule has 0 spiro atoms. The van der Waals surface area contributed by atoms with E-state index in [1.54, 1.807) is 0 Å². The lowest BCUT2D eigenvalue weighted by atomic mass is 10.3. The van der Waals surface area contributed by atoms with E-state index >= 15 is 0 Å². The van der Waals surface area contributed by atoms with E-state index in [0.717, 1.165) is 26.3 Å². The van der Waals surface area contributed by atoms with Crippen molar-refractivity contribution >= 4 is 10.0 Å². The SMILES string of the molecule is CON(C)S(=O)(=O)c1ccc(F)cc1F. The predicted octanol–water partition coefficient (Wildman–Crippen LogP) is 1.15. The molecule has 0 atom stereocenters. The number of hydroxylamine groups is 1. The Morgan fingerprint density at radius 2 is 1.93 bits per heavy atom. The molecule has 0 saturated heterocycles. The maximum absolute atomic E-state index is 13.1. The first-order chi connectivity index (χ1) is 6.89. The summed E-state index contributed by atoms with van der Waals surface area (Å²) in [5, 5.41) is 0. The third kappa shape index (κ3) is 2.31. The molecule has 0 bridgehead atoms. The van der Waals surface area contributed by atoms with Gasteiger partial charge in [-0.1, -0.05) is 4.47 Å². The molecule has 0 aliphatic rings. The Balaban J connectivity index is 3.28. The Kier molecular flexibility index (Phi) is 3.38. The van der Waals surface area contributed by atoms with Gasteiger partial charge in [-0.3, -0.25) is 4.84 Å². The van der Waals surface area contributed by atoms with Crippen LogP contribution in [0.4, 0.5) is 8.78 Å². The Morgan fingerprint density at radius 1 is 1.33 bits per heavy atom. The van der Waals surface area contributed by atoms with Crippen LogP contribution in [-0.2, 0) is 14.9 Å². The van der Waals surface area contributed by atoms with E-state index in [9.17, 15) is 17.2 Å². The van der Waals surface area contributed by atoms with E-state index in [-0.39, 0.29) is 0 Å². The summed E-state index contributed by atoms with van der Waals surface area (Å²) in [5.41, 5.74) is 0. The van der Waals surface area contributed by atoms with Gasteiger partial charge in [-0.2, -0.15) is 0 Å². The standard InChI is InChI=1S/C8H9F2NO3S/c1-11(14-2)15(12,13)8-4-3-6(9)5-7(8)10/h3-5H,1-2H3. The molecule has 0 amide bonds. The Morgan fingerprint density at radius 3 is 2.40 bits per heavy atom. The van der Waals surface area contributed by atoms with Crippen LogP contribution in [0.1, 0.15) is 0 Å². The number of benzene rings is 1. The molecular formula is C8H9F2NO3S. The third-order valence-electron chi connectivity index (χ3n) is 1.77. The van der Waals surface area contributed by atoms with Crippen molar-refractivity contribution in [1.82, 2.24) is 4.47 Å². The second-order valence-corrected chi connectivity index (χ2v) is 4.58.